The minimum absolute atomic E-state index is 0.335. The molecule has 2 amide bonds. The highest BCUT2D eigenvalue weighted by molar-refractivity contribution is 7.13. The first kappa shape index (κ1) is 17.8. The normalized spacial score (nSPS) is 10.2. The molecule has 3 aromatic rings. The van der Waals surface area contributed by atoms with Gasteiger partial charge in [0.05, 0.1) is 19.9 Å². The molecule has 0 atom stereocenters. The molecule has 0 unspecified atom stereocenters. The number of nitrogens with zero attached hydrogens (tertiary/aromatic N) is 1. The zero-order valence-corrected chi connectivity index (χ0v) is 15.3. The lowest BCUT2D eigenvalue weighted by Gasteiger charge is -2.14. The van der Waals surface area contributed by atoms with E-state index in [2.05, 4.69) is 15.6 Å². The molecule has 2 N–H and O–H groups in total. The van der Waals surface area contributed by atoms with E-state index in [4.69, 9.17) is 9.47 Å². The highest BCUT2D eigenvalue weighted by atomic mass is 32.1. The lowest BCUT2D eigenvalue weighted by Crippen LogP contribution is -2.28. The second-order valence-corrected chi connectivity index (χ2v) is 6.36. The van der Waals surface area contributed by atoms with Crippen LogP contribution in [0.1, 0.15) is 5.56 Å². The summed E-state index contributed by atoms with van der Waals surface area (Å²) in [4.78, 5) is 17.6. The summed E-state index contributed by atoms with van der Waals surface area (Å²) >= 11 is 1.65. The van der Waals surface area contributed by atoms with Gasteiger partial charge in [-0.1, -0.05) is 12.1 Å². The highest BCUT2D eigenvalue weighted by Gasteiger charge is 2.12. The second-order valence-electron chi connectivity index (χ2n) is 5.41. The molecule has 3 rings (SSSR count). The van der Waals surface area contributed by atoms with Crippen LogP contribution in [-0.4, -0.2) is 25.2 Å². The minimum Gasteiger partial charge on any atom is -0.493 e. The van der Waals surface area contributed by atoms with E-state index in [1.54, 1.807) is 42.8 Å². The van der Waals surface area contributed by atoms with Crippen LogP contribution >= 0.6 is 11.3 Å². The maximum absolute atomic E-state index is 12.2. The quantitative estimate of drug-likeness (QED) is 0.685. The average Bonchev–Trinajstić information content (AvgIpc) is 3.21. The van der Waals surface area contributed by atoms with Crippen molar-refractivity contribution < 1.29 is 14.3 Å². The number of carbonyl (C=O) groups is 1. The summed E-state index contributed by atoms with van der Waals surface area (Å²) < 4.78 is 10.5. The molecule has 6 nitrogen and oxygen atoms in total. The molecule has 0 aliphatic rings. The number of urea groups is 1. The molecule has 0 spiro atoms. The first-order chi connectivity index (χ1) is 12.7. The number of methoxy groups -OCH3 is 2. The predicted molar refractivity (Wildman–Crippen MR) is 103 cm³/mol. The van der Waals surface area contributed by atoms with Crippen molar-refractivity contribution in [3.8, 4) is 21.9 Å². The number of nitrogens with one attached hydrogen (secondary N) is 2. The van der Waals surface area contributed by atoms with Crippen molar-refractivity contribution >= 4 is 23.1 Å². The molecule has 2 aromatic heterocycles. The number of amides is 2. The van der Waals surface area contributed by atoms with Crippen LogP contribution in [0.3, 0.4) is 0 Å². The molecule has 0 saturated carbocycles. The largest absolute Gasteiger partial charge is 0.493 e. The van der Waals surface area contributed by atoms with Gasteiger partial charge < -0.3 is 20.1 Å². The average molecular weight is 369 g/mol. The summed E-state index contributed by atoms with van der Waals surface area (Å²) in [5, 5.41) is 7.62. The molecule has 1 aromatic carbocycles. The topological polar surface area (TPSA) is 72.5 Å². The number of benzene rings is 1. The maximum Gasteiger partial charge on any atom is 0.319 e. The first-order valence-corrected chi connectivity index (χ1v) is 8.83. The van der Waals surface area contributed by atoms with E-state index in [9.17, 15) is 4.79 Å². The van der Waals surface area contributed by atoms with Gasteiger partial charge in [-0.15, -0.1) is 11.3 Å². The van der Waals surface area contributed by atoms with Crippen molar-refractivity contribution in [3.05, 3.63) is 59.7 Å². The molecule has 0 saturated heterocycles. The van der Waals surface area contributed by atoms with Crippen LogP contribution in [0.2, 0.25) is 0 Å². The lowest BCUT2D eigenvalue weighted by molar-refractivity contribution is 0.251. The van der Waals surface area contributed by atoms with Gasteiger partial charge in [-0.25, -0.2) is 4.79 Å². The lowest BCUT2D eigenvalue weighted by atomic mass is 10.2. The molecule has 0 aliphatic carbocycles. The van der Waals surface area contributed by atoms with E-state index in [0.717, 1.165) is 16.0 Å². The Bertz CT molecular complexity index is 881. The summed E-state index contributed by atoms with van der Waals surface area (Å²) in [6.45, 7) is 0.365. The summed E-state index contributed by atoms with van der Waals surface area (Å²) in [7, 11) is 3.08. The molecular weight excluding hydrogens is 350 g/mol. The SMILES string of the molecule is COc1cccc(NC(=O)NCc2cncc(-c3cccs3)c2)c1OC. The summed E-state index contributed by atoms with van der Waals surface area (Å²) in [6, 6.07) is 11.0. The number of para-hydroxylation sites is 1. The third kappa shape index (κ3) is 4.12. The molecular formula is C19H19N3O3S. The summed E-state index contributed by atoms with van der Waals surface area (Å²) in [5.41, 5.74) is 2.49. The smallest absolute Gasteiger partial charge is 0.319 e. The Morgan fingerprint density at radius 3 is 2.77 bits per heavy atom. The van der Waals surface area contributed by atoms with Gasteiger partial charge >= 0.3 is 6.03 Å². The third-order valence-corrected chi connectivity index (χ3v) is 4.62. The van der Waals surface area contributed by atoms with Gasteiger partial charge in [-0.05, 0) is 35.2 Å². The van der Waals surface area contributed by atoms with Gasteiger partial charge in [0, 0.05) is 29.4 Å². The van der Waals surface area contributed by atoms with Gasteiger partial charge in [0.15, 0.2) is 11.5 Å². The summed E-state index contributed by atoms with van der Waals surface area (Å²) in [5.74, 6) is 1.03. The number of anilines is 1. The second kappa shape index (κ2) is 8.35. The molecule has 0 aliphatic heterocycles. The molecule has 0 fully saturated rings. The van der Waals surface area contributed by atoms with Crippen LogP contribution in [-0.2, 0) is 6.54 Å². The minimum atomic E-state index is -0.335. The van der Waals surface area contributed by atoms with Crippen molar-refractivity contribution in [3.63, 3.8) is 0 Å². The van der Waals surface area contributed by atoms with Crippen LogP contribution in [0, 0.1) is 0 Å². The van der Waals surface area contributed by atoms with Crippen LogP contribution in [0.4, 0.5) is 10.5 Å². The van der Waals surface area contributed by atoms with Gasteiger partial charge in [0.1, 0.15) is 0 Å². The number of rotatable bonds is 6. The fraction of sp³-hybridized carbons (Fsp3) is 0.158. The number of hydrogen-bond acceptors (Lipinski definition) is 5. The van der Waals surface area contributed by atoms with Gasteiger partial charge in [-0.3, -0.25) is 4.98 Å². The zero-order valence-electron chi connectivity index (χ0n) is 14.5. The summed E-state index contributed by atoms with van der Waals surface area (Å²) in [6.07, 6.45) is 3.56. The molecule has 0 bridgehead atoms. The number of hydrogen-bond donors (Lipinski definition) is 2. The van der Waals surface area contributed by atoms with E-state index < -0.39 is 0 Å². The third-order valence-electron chi connectivity index (χ3n) is 3.70. The van der Waals surface area contributed by atoms with Crippen LogP contribution in [0.25, 0.3) is 10.4 Å². The maximum atomic E-state index is 12.2. The standard InChI is InChI=1S/C19H19N3O3S/c1-24-16-6-3-5-15(18(16)25-2)22-19(23)21-11-13-9-14(12-20-10-13)17-7-4-8-26-17/h3-10,12H,11H2,1-2H3,(H2,21,22,23). The number of pyridine rings is 1. The molecule has 7 heteroatoms. The van der Waals surface area contributed by atoms with Crippen LogP contribution in [0.5, 0.6) is 11.5 Å². The fourth-order valence-electron chi connectivity index (χ4n) is 2.50. The molecule has 2 heterocycles. The van der Waals surface area contributed by atoms with E-state index in [1.807, 2.05) is 29.8 Å². The highest BCUT2D eigenvalue weighted by Crippen LogP contribution is 2.34. The van der Waals surface area contributed by atoms with E-state index in [1.165, 1.54) is 7.11 Å². The predicted octanol–water partition coefficient (Wildman–Crippen LogP) is 4.15. The Morgan fingerprint density at radius 2 is 2.04 bits per heavy atom. The Kier molecular flexibility index (Phi) is 5.70. The van der Waals surface area contributed by atoms with Crippen LogP contribution < -0.4 is 20.1 Å². The van der Waals surface area contributed by atoms with Gasteiger partial charge in [0.2, 0.25) is 0 Å². The van der Waals surface area contributed by atoms with Gasteiger partial charge in [0.25, 0.3) is 0 Å². The zero-order chi connectivity index (χ0) is 18.4. The van der Waals surface area contributed by atoms with Gasteiger partial charge in [-0.2, -0.15) is 0 Å². The van der Waals surface area contributed by atoms with E-state index in [0.29, 0.717) is 23.7 Å². The molecule has 0 radical (unpaired) electrons. The van der Waals surface area contributed by atoms with E-state index >= 15 is 0 Å². The number of aromatic nitrogens is 1. The first-order valence-electron chi connectivity index (χ1n) is 7.95. The number of carbonyl (C=O) groups excluding carboxylic acids is 1. The van der Waals surface area contributed by atoms with Crippen molar-refractivity contribution in [1.29, 1.82) is 0 Å². The van der Waals surface area contributed by atoms with E-state index in [-0.39, 0.29) is 6.03 Å². The fourth-order valence-corrected chi connectivity index (χ4v) is 3.20. The Labute approximate surface area is 155 Å². The Balaban J connectivity index is 1.64. The van der Waals surface area contributed by atoms with Crippen molar-refractivity contribution in [1.82, 2.24) is 10.3 Å². The van der Waals surface area contributed by atoms with Crippen molar-refractivity contribution in [2.24, 2.45) is 0 Å². The monoisotopic (exact) mass is 369 g/mol. The van der Waals surface area contributed by atoms with Crippen molar-refractivity contribution in [2.75, 3.05) is 19.5 Å². The Hall–Kier alpha value is -3.06. The number of ether oxygens (including phenoxy) is 2. The Morgan fingerprint density at radius 1 is 1.15 bits per heavy atom. The molecule has 26 heavy (non-hydrogen) atoms. The van der Waals surface area contributed by atoms with Crippen molar-refractivity contribution in [2.45, 2.75) is 6.54 Å². The van der Waals surface area contributed by atoms with Crippen LogP contribution in [0.15, 0.2) is 54.2 Å². The number of thiophene rings is 1. The molecule has 134 valence electrons.